The Balaban J connectivity index is 1.32. The lowest BCUT2D eigenvalue weighted by molar-refractivity contribution is 0.281. The molecule has 3 aromatic rings. The van der Waals surface area contributed by atoms with Gasteiger partial charge in [-0.05, 0) is 43.5 Å². The molecule has 2 aliphatic rings. The lowest BCUT2D eigenvalue weighted by atomic mass is 10.2. The Morgan fingerprint density at radius 2 is 2.00 bits per heavy atom. The van der Waals surface area contributed by atoms with Gasteiger partial charge in [-0.25, -0.2) is 9.37 Å². The first kappa shape index (κ1) is 19.5. The monoisotopic (exact) mass is 427 g/mol. The largest absolute Gasteiger partial charge is 0.355 e. The molecule has 156 valence electrons. The van der Waals surface area contributed by atoms with Crippen LogP contribution in [0.5, 0.6) is 0 Å². The molecule has 1 aliphatic carbocycles. The lowest BCUT2D eigenvalue weighted by Crippen LogP contribution is -2.31. The van der Waals surface area contributed by atoms with Gasteiger partial charge >= 0.3 is 0 Å². The summed E-state index contributed by atoms with van der Waals surface area (Å²) >= 11 is 6.22. The van der Waals surface area contributed by atoms with Gasteiger partial charge in [-0.2, -0.15) is 4.98 Å². The Morgan fingerprint density at radius 1 is 1.10 bits per heavy atom. The SMILES string of the molecule is Fc1cccc(Cl)c1CN1CCCN(c2ncccc2-c2nc(C3CC3)no2)CC1. The van der Waals surface area contributed by atoms with Crippen LogP contribution in [0.3, 0.4) is 0 Å². The Labute approximate surface area is 179 Å². The molecule has 30 heavy (non-hydrogen) atoms. The smallest absolute Gasteiger partial charge is 0.261 e. The van der Waals surface area contributed by atoms with Crippen LogP contribution in [0, 0.1) is 5.82 Å². The van der Waals surface area contributed by atoms with E-state index in [0.717, 1.165) is 62.6 Å². The second-order valence-electron chi connectivity index (χ2n) is 7.92. The molecule has 8 heteroatoms. The van der Waals surface area contributed by atoms with Crippen LogP contribution in [0.1, 0.15) is 36.6 Å². The normalized spacial score (nSPS) is 17.9. The van der Waals surface area contributed by atoms with Gasteiger partial charge in [0, 0.05) is 55.4 Å². The van der Waals surface area contributed by atoms with Gasteiger partial charge in [0.05, 0.1) is 5.56 Å². The Morgan fingerprint density at radius 3 is 2.83 bits per heavy atom. The molecular weight excluding hydrogens is 405 g/mol. The molecule has 1 saturated heterocycles. The van der Waals surface area contributed by atoms with E-state index in [0.29, 0.717) is 28.9 Å². The molecule has 2 fully saturated rings. The molecule has 1 aliphatic heterocycles. The Kier molecular flexibility index (Phi) is 5.39. The highest BCUT2D eigenvalue weighted by molar-refractivity contribution is 6.31. The highest BCUT2D eigenvalue weighted by Gasteiger charge is 2.30. The summed E-state index contributed by atoms with van der Waals surface area (Å²) in [5.74, 6) is 2.37. The number of aromatic nitrogens is 3. The summed E-state index contributed by atoms with van der Waals surface area (Å²) in [7, 11) is 0. The molecule has 3 heterocycles. The van der Waals surface area contributed by atoms with Gasteiger partial charge < -0.3 is 9.42 Å². The maximum atomic E-state index is 14.2. The molecule has 0 spiro atoms. The third kappa shape index (κ3) is 4.04. The van der Waals surface area contributed by atoms with E-state index in [1.54, 1.807) is 18.3 Å². The molecule has 2 aromatic heterocycles. The van der Waals surface area contributed by atoms with E-state index >= 15 is 0 Å². The standard InChI is InChI=1S/C22H23ClFN5O/c23-18-5-1-6-19(24)17(18)14-28-10-3-11-29(13-12-28)21-16(4-2-9-25-21)22-26-20(27-30-22)15-7-8-15/h1-2,4-6,9,15H,3,7-8,10-14H2. The summed E-state index contributed by atoms with van der Waals surface area (Å²) in [6.45, 7) is 3.80. The predicted molar refractivity (Wildman–Crippen MR) is 113 cm³/mol. The van der Waals surface area contributed by atoms with E-state index in [1.165, 1.54) is 6.07 Å². The van der Waals surface area contributed by atoms with Crippen LogP contribution in [0.25, 0.3) is 11.5 Å². The number of pyridine rings is 1. The third-order valence-electron chi connectivity index (χ3n) is 5.73. The van der Waals surface area contributed by atoms with Gasteiger partial charge in [-0.3, -0.25) is 4.90 Å². The van der Waals surface area contributed by atoms with Crippen LogP contribution in [0.15, 0.2) is 41.1 Å². The first-order valence-electron chi connectivity index (χ1n) is 10.4. The van der Waals surface area contributed by atoms with Crippen molar-refractivity contribution >= 4 is 17.4 Å². The van der Waals surface area contributed by atoms with Crippen LogP contribution in [-0.2, 0) is 6.54 Å². The summed E-state index contributed by atoms with van der Waals surface area (Å²) in [5, 5.41) is 4.62. The van der Waals surface area contributed by atoms with E-state index in [1.807, 2.05) is 12.1 Å². The zero-order valence-electron chi connectivity index (χ0n) is 16.6. The maximum absolute atomic E-state index is 14.2. The number of halogens is 2. The molecule has 1 aromatic carbocycles. The van der Waals surface area contributed by atoms with E-state index in [9.17, 15) is 4.39 Å². The molecule has 0 amide bonds. The van der Waals surface area contributed by atoms with E-state index in [-0.39, 0.29) is 5.82 Å². The summed E-state index contributed by atoms with van der Waals surface area (Å²) in [4.78, 5) is 13.7. The minimum atomic E-state index is -0.251. The summed E-state index contributed by atoms with van der Waals surface area (Å²) in [5.41, 5.74) is 1.42. The number of rotatable bonds is 5. The van der Waals surface area contributed by atoms with Crippen molar-refractivity contribution in [2.45, 2.75) is 31.7 Å². The second-order valence-corrected chi connectivity index (χ2v) is 8.33. The fraction of sp³-hybridized carbons (Fsp3) is 0.409. The average molecular weight is 428 g/mol. The van der Waals surface area contributed by atoms with Gasteiger partial charge in [0.25, 0.3) is 5.89 Å². The van der Waals surface area contributed by atoms with Gasteiger partial charge in [0.2, 0.25) is 0 Å². The molecule has 5 rings (SSSR count). The van der Waals surface area contributed by atoms with Crippen molar-refractivity contribution in [2.24, 2.45) is 0 Å². The first-order valence-corrected chi connectivity index (χ1v) is 10.8. The Bertz CT molecular complexity index is 1020. The van der Waals surface area contributed by atoms with Crippen LogP contribution < -0.4 is 4.90 Å². The van der Waals surface area contributed by atoms with Crippen molar-refractivity contribution in [3.8, 4) is 11.5 Å². The maximum Gasteiger partial charge on any atom is 0.261 e. The van der Waals surface area contributed by atoms with E-state index in [2.05, 4.69) is 24.9 Å². The van der Waals surface area contributed by atoms with E-state index in [4.69, 9.17) is 16.1 Å². The molecule has 1 saturated carbocycles. The van der Waals surface area contributed by atoms with Gasteiger partial charge in [0.15, 0.2) is 5.82 Å². The fourth-order valence-electron chi connectivity index (χ4n) is 3.92. The van der Waals surface area contributed by atoms with Gasteiger partial charge in [-0.1, -0.05) is 22.8 Å². The average Bonchev–Trinajstić information content (AvgIpc) is 3.53. The summed E-state index contributed by atoms with van der Waals surface area (Å²) in [6, 6.07) is 8.72. The fourth-order valence-corrected chi connectivity index (χ4v) is 4.14. The molecule has 0 unspecified atom stereocenters. The topological polar surface area (TPSA) is 58.3 Å². The quantitative estimate of drug-likeness (QED) is 0.597. The minimum Gasteiger partial charge on any atom is -0.355 e. The van der Waals surface area contributed by atoms with Gasteiger partial charge in [0.1, 0.15) is 11.6 Å². The highest BCUT2D eigenvalue weighted by Crippen LogP contribution is 2.39. The van der Waals surface area contributed by atoms with Crippen molar-refractivity contribution in [2.75, 3.05) is 31.1 Å². The van der Waals surface area contributed by atoms with Crippen molar-refractivity contribution in [1.82, 2.24) is 20.0 Å². The molecule has 0 bridgehead atoms. The van der Waals surface area contributed by atoms with Crippen molar-refractivity contribution in [3.05, 3.63) is 58.8 Å². The highest BCUT2D eigenvalue weighted by atomic mass is 35.5. The minimum absolute atomic E-state index is 0.251. The zero-order valence-corrected chi connectivity index (χ0v) is 17.4. The Hall–Kier alpha value is -2.51. The van der Waals surface area contributed by atoms with Crippen LogP contribution in [-0.4, -0.2) is 46.2 Å². The summed E-state index contributed by atoms with van der Waals surface area (Å²) < 4.78 is 19.7. The molecular formula is C22H23ClFN5O. The van der Waals surface area contributed by atoms with Crippen LogP contribution in [0.4, 0.5) is 10.2 Å². The molecule has 0 atom stereocenters. The number of nitrogens with zero attached hydrogens (tertiary/aromatic N) is 5. The van der Waals surface area contributed by atoms with Crippen molar-refractivity contribution in [1.29, 1.82) is 0 Å². The second kappa shape index (κ2) is 8.32. The number of hydrogen-bond acceptors (Lipinski definition) is 6. The number of benzene rings is 1. The van der Waals surface area contributed by atoms with E-state index < -0.39 is 0 Å². The first-order chi connectivity index (χ1) is 14.7. The van der Waals surface area contributed by atoms with Crippen molar-refractivity contribution in [3.63, 3.8) is 0 Å². The third-order valence-corrected chi connectivity index (χ3v) is 6.09. The molecule has 6 nitrogen and oxygen atoms in total. The zero-order chi connectivity index (χ0) is 20.5. The van der Waals surface area contributed by atoms with Crippen molar-refractivity contribution < 1.29 is 8.91 Å². The predicted octanol–water partition coefficient (Wildman–Crippen LogP) is 4.51. The number of anilines is 1. The van der Waals surface area contributed by atoms with Gasteiger partial charge in [-0.15, -0.1) is 0 Å². The molecule has 0 N–H and O–H groups in total. The van der Waals surface area contributed by atoms with Crippen LogP contribution in [0.2, 0.25) is 5.02 Å². The van der Waals surface area contributed by atoms with Crippen LogP contribution >= 0.6 is 11.6 Å². The lowest BCUT2D eigenvalue weighted by Gasteiger charge is -2.24. The molecule has 0 radical (unpaired) electrons. The number of hydrogen-bond donors (Lipinski definition) is 0. The summed E-state index contributed by atoms with van der Waals surface area (Å²) in [6.07, 6.45) is 5.00.